The monoisotopic (exact) mass is 417 g/mol. The van der Waals surface area contributed by atoms with Crippen LogP contribution in [0.3, 0.4) is 0 Å². The van der Waals surface area contributed by atoms with Gasteiger partial charge in [-0.3, -0.25) is 4.99 Å². The fourth-order valence-corrected chi connectivity index (χ4v) is 3.18. The van der Waals surface area contributed by atoms with Gasteiger partial charge in [-0.15, -0.1) is 11.8 Å². The SMILES string of the molecule is CN=C(NCCOCCOC)NCC(C)(C)Sc1ccc(Br)cc1. The Balaban J connectivity index is 2.31. The molecule has 24 heavy (non-hydrogen) atoms. The van der Waals surface area contributed by atoms with Crippen LogP contribution >= 0.6 is 27.7 Å². The van der Waals surface area contributed by atoms with Crippen molar-refractivity contribution in [3.8, 4) is 0 Å². The van der Waals surface area contributed by atoms with Crippen LogP contribution in [-0.4, -0.2) is 57.8 Å². The van der Waals surface area contributed by atoms with E-state index >= 15 is 0 Å². The number of hydrogen-bond acceptors (Lipinski definition) is 4. The van der Waals surface area contributed by atoms with Crippen molar-refractivity contribution in [1.29, 1.82) is 0 Å². The van der Waals surface area contributed by atoms with Crippen LogP contribution in [0.5, 0.6) is 0 Å². The van der Waals surface area contributed by atoms with E-state index in [1.807, 2.05) is 11.8 Å². The van der Waals surface area contributed by atoms with Gasteiger partial charge in [0.05, 0.1) is 19.8 Å². The van der Waals surface area contributed by atoms with E-state index in [9.17, 15) is 0 Å². The van der Waals surface area contributed by atoms with E-state index in [4.69, 9.17) is 9.47 Å². The van der Waals surface area contributed by atoms with E-state index in [0.717, 1.165) is 17.0 Å². The zero-order valence-corrected chi connectivity index (χ0v) is 17.3. The van der Waals surface area contributed by atoms with Gasteiger partial charge in [-0.05, 0) is 38.1 Å². The molecular weight excluding hydrogens is 390 g/mol. The van der Waals surface area contributed by atoms with Crippen LogP contribution in [0, 0.1) is 0 Å². The Morgan fingerprint density at radius 1 is 1.17 bits per heavy atom. The molecule has 7 heteroatoms. The topological polar surface area (TPSA) is 54.9 Å². The van der Waals surface area contributed by atoms with E-state index in [2.05, 4.69) is 69.7 Å². The molecule has 0 saturated carbocycles. The molecule has 0 aliphatic rings. The van der Waals surface area contributed by atoms with Gasteiger partial charge in [0.25, 0.3) is 0 Å². The molecule has 0 saturated heterocycles. The highest BCUT2D eigenvalue weighted by atomic mass is 79.9. The normalized spacial score (nSPS) is 12.3. The molecule has 2 N–H and O–H groups in total. The number of nitrogens with one attached hydrogen (secondary N) is 2. The maximum Gasteiger partial charge on any atom is 0.191 e. The summed E-state index contributed by atoms with van der Waals surface area (Å²) in [5.41, 5.74) is 0. The molecule has 0 spiro atoms. The zero-order valence-electron chi connectivity index (χ0n) is 14.9. The first-order valence-corrected chi connectivity index (χ1v) is 9.53. The molecule has 1 aromatic carbocycles. The molecule has 0 radical (unpaired) electrons. The minimum atomic E-state index is 0.0421. The molecule has 0 atom stereocenters. The smallest absolute Gasteiger partial charge is 0.191 e. The molecular formula is C17H28BrN3O2S. The van der Waals surface area contributed by atoms with Crippen molar-refractivity contribution in [3.05, 3.63) is 28.7 Å². The number of benzene rings is 1. The van der Waals surface area contributed by atoms with Gasteiger partial charge in [0, 0.05) is 41.4 Å². The number of ether oxygens (including phenoxy) is 2. The Labute approximate surface area is 158 Å². The number of thioether (sulfide) groups is 1. The molecule has 1 aromatic rings. The summed E-state index contributed by atoms with van der Waals surface area (Å²) in [5.74, 6) is 0.787. The van der Waals surface area contributed by atoms with E-state index in [1.165, 1.54) is 4.90 Å². The van der Waals surface area contributed by atoms with Crippen LogP contribution in [0.4, 0.5) is 0 Å². The van der Waals surface area contributed by atoms with Crippen molar-refractivity contribution in [2.24, 2.45) is 4.99 Å². The Kier molecular flexibility index (Phi) is 10.4. The summed E-state index contributed by atoms with van der Waals surface area (Å²) >= 11 is 5.30. The van der Waals surface area contributed by atoms with Crippen molar-refractivity contribution in [2.75, 3.05) is 47.1 Å². The predicted octanol–water partition coefficient (Wildman–Crippen LogP) is 3.15. The number of methoxy groups -OCH3 is 1. The van der Waals surface area contributed by atoms with E-state index < -0.39 is 0 Å². The highest BCUT2D eigenvalue weighted by Crippen LogP contribution is 2.32. The lowest BCUT2D eigenvalue weighted by molar-refractivity contribution is 0.0733. The van der Waals surface area contributed by atoms with Crippen LogP contribution in [0.15, 0.2) is 38.6 Å². The Hall–Kier alpha value is -0.760. The minimum absolute atomic E-state index is 0.0421. The number of halogens is 1. The van der Waals surface area contributed by atoms with Crippen LogP contribution in [0.1, 0.15) is 13.8 Å². The average molecular weight is 418 g/mol. The van der Waals surface area contributed by atoms with Crippen molar-refractivity contribution < 1.29 is 9.47 Å². The molecule has 0 aliphatic carbocycles. The predicted molar refractivity (Wildman–Crippen MR) is 106 cm³/mol. The molecule has 0 bridgehead atoms. The van der Waals surface area contributed by atoms with Crippen LogP contribution in [0.2, 0.25) is 0 Å². The zero-order chi connectivity index (χ0) is 17.8. The molecule has 0 aliphatic heterocycles. The molecule has 136 valence electrons. The quantitative estimate of drug-likeness (QED) is 0.265. The third-order valence-corrected chi connectivity index (χ3v) is 4.82. The van der Waals surface area contributed by atoms with Gasteiger partial charge in [-0.2, -0.15) is 0 Å². The van der Waals surface area contributed by atoms with Gasteiger partial charge >= 0.3 is 0 Å². The lowest BCUT2D eigenvalue weighted by atomic mass is 10.2. The van der Waals surface area contributed by atoms with E-state index in [0.29, 0.717) is 26.4 Å². The van der Waals surface area contributed by atoms with E-state index in [-0.39, 0.29) is 4.75 Å². The van der Waals surface area contributed by atoms with Crippen molar-refractivity contribution in [2.45, 2.75) is 23.5 Å². The third kappa shape index (κ3) is 9.52. The number of aliphatic imine (C=N–C) groups is 1. The molecule has 5 nitrogen and oxygen atoms in total. The molecule has 0 unspecified atom stereocenters. The largest absolute Gasteiger partial charge is 0.382 e. The summed E-state index contributed by atoms with van der Waals surface area (Å²) in [6, 6.07) is 8.38. The second-order valence-corrected chi connectivity index (χ2v) is 8.47. The maximum absolute atomic E-state index is 5.42. The second-order valence-electron chi connectivity index (χ2n) is 5.77. The van der Waals surface area contributed by atoms with Gasteiger partial charge in [-0.25, -0.2) is 0 Å². The first kappa shape index (κ1) is 21.3. The molecule has 0 fully saturated rings. The fourth-order valence-electron chi connectivity index (χ4n) is 1.86. The standard InChI is InChI=1S/C17H28BrN3O2S/c1-17(2,24-15-7-5-14(18)6-8-15)13-21-16(19-3)20-9-10-23-12-11-22-4/h5-8H,9-13H2,1-4H3,(H2,19,20,21). The highest BCUT2D eigenvalue weighted by Gasteiger charge is 2.19. The van der Waals surface area contributed by atoms with E-state index in [1.54, 1.807) is 14.2 Å². The van der Waals surface area contributed by atoms with Crippen molar-refractivity contribution in [1.82, 2.24) is 10.6 Å². The first-order chi connectivity index (χ1) is 11.5. The average Bonchev–Trinajstić information content (AvgIpc) is 2.55. The number of rotatable bonds is 10. The van der Waals surface area contributed by atoms with Crippen LogP contribution in [0.25, 0.3) is 0 Å². The van der Waals surface area contributed by atoms with Crippen molar-refractivity contribution in [3.63, 3.8) is 0 Å². The van der Waals surface area contributed by atoms with Crippen LogP contribution < -0.4 is 10.6 Å². The molecule has 0 heterocycles. The number of hydrogen-bond donors (Lipinski definition) is 2. The van der Waals surface area contributed by atoms with Crippen LogP contribution in [-0.2, 0) is 9.47 Å². The second kappa shape index (κ2) is 11.7. The van der Waals surface area contributed by atoms with Gasteiger partial charge in [-0.1, -0.05) is 15.9 Å². The third-order valence-electron chi connectivity index (χ3n) is 3.08. The Morgan fingerprint density at radius 2 is 1.88 bits per heavy atom. The summed E-state index contributed by atoms with van der Waals surface area (Å²) in [5, 5.41) is 6.62. The first-order valence-electron chi connectivity index (χ1n) is 7.92. The molecule has 0 amide bonds. The fraction of sp³-hybridized carbons (Fsp3) is 0.588. The lowest BCUT2D eigenvalue weighted by Gasteiger charge is -2.25. The summed E-state index contributed by atoms with van der Waals surface area (Å²) in [7, 11) is 3.44. The van der Waals surface area contributed by atoms with Gasteiger partial charge in [0.15, 0.2) is 5.96 Å². The van der Waals surface area contributed by atoms with Gasteiger partial charge in [0.1, 0.15) is 0 Å². The molecule has 0 aromatic heterocycles. The Morgan fingerprint density at radius 3 is 2.50 bits per heavy atom. The summed E-state index contributed by atoms with van der Waals surface area (Å²) in [6.07, 6.45) is 0. The summed E-state index contributed by atoms with van der Waals surface area (Å²) in [6.45, 7) is 7.81. The maximum atomic E-state index is 5.42. The number of nitrogens with zero attached hydrogens (tertiary/aromatic N) is 1. The van der Waals surface area contributed by atoms with Gasteiger partial charge in [0.2, 0.25) is 0 Å². The Bertz CT molecular complexity index is 495. The van der Waals surface area contributed by atoms with Gasteiger partial charge < -0.3 is 20.1 Å². The minimum Gasteiger partial charge on any atom is -0.382 e. The molecule has 1 rings (SSSR count). The highest BCUT2D eigenvalue weighted by molar-refractivity contribution is 9.10. The number of guanidine groups is 1. The van der Waals surface area contributed by atoms with Crippen molar-refractivity contribution >= 4 is 33.7 Å². The summed E-state index contributed by atoms with van der Waals surface area (Å²) in [4.78, 5) is 5.49. The lowest BCUT2D eigenvalue weighted by Crippen LogP contribution is -2.44. The summed E-state index contributed by atoms with van der Waals surface area (Å²) < 4.78 is 11.5.